The van der Waals surface area contributed by atoms with Gasteiger partial charge in [0.15, 0.2) is 0 Å². The molecule has 0 spiro atoms. The molecule has 1 amide bonds. The van der Waals surface area contributed by atoms with E-state index in [9.17, 15) is 4.79 Å². The number of carbonyl (C=O) groups is 1. The van der Waals surface area contributed by atoms with Gasteiger partial charge in [0.1, 0.15) is 11.7 Å². The van der Waals surface area contributed by atoms with E-state index in [0.29, 0.717) is 19.1 Å². The summed E-state index contributed by atoms with van der Waals surface area (Å²) < 4.78 is 2.14. The van der Waals surface area contributed by atoms with Crippen LogP contribution in [-0.2, 0) is 31.2 Å². The minimum atomic E-state index is 0.0694. The summed E-state index contributed by atoms with van der Waals surface area (Å²) in [6, 6.07) is 36.8. The van der Waals surface area contributed by atoms with Gasteiger partial charge < -0.3 is 20.5 Å². The van der Waals surface area contributed by atoms with Gasteiger partial charge in [-0.1, -0.05) is 90.5 Å². The summed E-state index contributed by atoms with van der Waals surface area (Å²) >= 11 is 6.40. The van der Waals surface area contributed by atoms with E-state index in [4.69, 9.17) is 27.7 Å². The third-order valence-electron chi connectivity index (χ3n) is 9.86. The van der Waals surface area contributed by atoms with Crippen molar-refractivity contribution in [3.8, 4) is 0 Å². The molecule has 1 saturated heterocycles. The molecule has 0 unspecified atom stereocenters. The molecule has 0 radical (unpaired) electrons. The monoisotopic (exact) mass is 683 g/mol. The van der Waals surface area contributed by atoms with Crippen LogP contribution in [-0.4, -0.2) is 51.9 Å². The molecule has 0 atom stereocenters. The lowest BCUT2D eigenvalue weighted by molar-refractivity contribution is -0.120. The first-order chi connectivity index (χ1) is 24.3. The lowest BCUT2D eigenvalue weighted by Gasteiger charge is -2.34. The number of piperidine rings is 1. The van der Waals surface area contributed by atoms with Crippen molar-refractivity contribution in [3.63, 3.8) is 0 Å². The molecule has 0 aliphatic carbocycles. The van der Waals surface area contributed by atoms with E-state index < -0.39 is 0 Å². The maximum absolute atomic E-state index is 14.3. The molecule has 9 heteroatoms. The van der Waals surface area contributed by atoms with Crippen molar-refractivity contribution in [1.29, 1.82) is 5.41 Å². The predicted molar refractivity (Wildman–Crippen MR) is 205 cm³/mol. The number of carbonyl (C=O) groups excluding carboxylic acids is 1. The Morgan fingerprint density at radius 2 is 1.68 bits per heavy atom. The van der Waals surface area contributed by atoms with Gasteiger partial charge in [0.05, 0.1) is 34.8 Å². The summed E-state index contributed by atoms with van der Waals surface area (Å²) in [5.41, 5.74) is 12.3. The Hall–Kier alpha value is -5.18. The number of likely N-dealkylation sites (tertiary alicyclic amines) is 1. The number of nitrogens with two attached hydrogens (primary N) is 1. The van der Waals surface area contributed by atoms with Crippen molar-refractivity contribution in [3.05, 3.63) is 137 Å². The third-order valence-corrected chi connectivity index (χ3v) is 10.2. The molecule has 1 fully saturated rings. The third kappa shape index (κ3) is 7.37. The Morgan fingerprint density at radius 3 is 2.46 bits per heavy atom. The topological polar surface area (TPSA) is 103 Å². The number of amides is 1. The highest BCUT2D eigenvalue weighted by molar-refractivity contribution is 6.33. The van der Waals surface area contributed by atoms with Crippen molar-refractivity contribution < 1.29 is 4.79 Å². The van der Waals surface area contributed by atoms with E-state index >= 15 is 0 Å². The van der Waals surface area contributed by atoms with Gasteiger partial charge in [0, 0.05) is 43.9 Å². The fourth-order valence-corrected chi connectivity index (χ4v) is 7.16. The predicted octanol–water partition coefficient (Wildman–Crippen LogP) is 7.56. The van der Waals surface area contributed by atoms with Gasteiger partial charge in [0.25, 0.3) is 0 Å². The molecule has 1 aliphatic rings. The molecular formula is C41H42ClN7O. The van der Waals surface area contributed by atoms with Crippen LogP contribution in [0.5, 0.6) is 0 Å². The zero-order valence-corrected chi connectivity index (χ0v) is 29.0. The number of benzene rings is 5. The number of nitrogen functional groups attached to an aromatic ring is 1. The normalized spacial score (nSPS) is 13.9. The second-order valence-corrected chi connectivity index (χ2v) is 13.6. The minimum Gasteiger partial charge on any atom is -0.384 e. The molecule has 0 bridgehead atoms. The molecule has 8 nitrogen and oxygen atoms in total. The maximum atomic E-state index is 14.3. The molecular weight excluding hydrogens is 642 g/mol. The number of aromatic nitrogens is 2. The van der Waals surface area contributed by atoms with Crippen molar-refractivity contribution >= 4 is 56.5 Å². The standard InChI is InChI=1S/C41H42ClN7O/c1-47-38-19-18-33(25-37(38)46-39(47)20-15-28-13-16-30(17-14-28)41(43)44)49(26-31-9-6-8-29-7-2-3-10-34(29)31)40(50)27-48-23-21-32(22-24-48)45-36-12-5-4-11-35(36)42/h2-14,16-19,25,32,45H,15,20-24,26-27H2,1H3,(H3,43,44). The Morgan fingerprint density at radius 1 is 0.940 bits per heavy atom. The van der Waals surface area contributed by atoms with Crippen LogP contribution >= 0.6 is 11.6 Å². The van der Waals surface area contributed by atoms with Crippen LogP contribution in [0.1, 0.15) is 35.4 Å². The fraction of sp³-hybridized carbons (Fsp3) is 0.244. The first-order valence-corrected chi connectivity index (χ1v) is 17.6. The summed E-state index contributed by atoms with van der Waals surface area (Å²) in [5, 5.41) is 14.3. The number of anilines is 2. The van der Waals surface area contributed by atoms with E-state index in [0.717, 1.165) is 93.9 Å². The van der Waals surface area contributed by atoms with Gasteiger partial charge in [0.2, 0.25) is 5.91 Å². The molecule has 5 aromatic carbocycles. The zero-order chi connectivity index (χ0) is 34.6. The van der Waals surface area contributed by atoms with E-state index in [1.807, 2.05) is 66.5 Å². The minimum absolute atomic E-state index is 0.0694. The zero-order valence-electron chi connectivity index (χ0n) is 28.3. The van der Waals surface area contributed by atoms with Gasteiger partial charge in [-0.25, -0.2) is 4.98 Å². The lowest BCUT2D eigenvalue weighted by atomic mass is 10.0. The quantitative estimate of drug-likeness (QED) is 0.0966. The number of nitrogens with one attached hydrogen (secondary N) is 2. The van der Waals surface area contributed by atoms with Crippen molar-refractivity contribution in [1.82, 2.24) is 14.5 Å². The Kier molecular flexibility index (Phi) is 9.83. The summed E-state index contributed by atoms with van der Waals surface area (Å²) in [7, 11) is 2.05. The second kappa shape index (κ2) is 14.7. The molecule has 7 rings (SSSR count). The largest absolute Gasteiger partial charge is 0.384 e. The Labute approximate surface area is 298 Å². The van der Waals surface area contributed by atoms with Gasteiger partial charge in [-0.3, -0.25) is 15.1 Å². The molecule has 254 valence electrons. The van der Waals surface area contributed by atoms with E-state index in [2.05, 4.69) is 69.4 Å². The fourth-order valence-electron chi connectivity index (χ4n) is 6.97. The first-order valence-electron chi connectivity index (χ1n) is 17.2. The van der Waals surface area contributed by atoms with Crippen molar-refractivity contribution in [2.24, 2.45) is 12.8 Å². The van der Waals surface area contributed by atoms with Gasteiger partial charge in [-0.05, 0) is 71.5 Å². The van der Waals surface area contributed by atoms with Gasteiger partial charge >= 0.3 is 0 Å². The van der Waals surface area contributed by atoms with Gasteiger partial charge in [-0.15, -0.1) is 0 Å². The number of para-hydroxylation sites is 1. The van der Waals surface area contributed by atoms with Crippen molar-refractivity contribution in [2.45, 2.75) is 38.3 Å². The van der Waals surface area contributed by atoms with E-state index in [-0.39, 0.29) is 11.7 Å². The van der Waals surface area contributed by atoms with Crippen LogP contribution in [0.2, 0.25) is 5.02 Å². The SMILES string of the molecule is Cn1c(CCc2ccc(C(=N)N)cc2)nc2cc(N(Cc3cccc4ccccc34)C(=O)CN3CCC(Nc4ccccc4Cl)CC3)ccc21. The van der Waals surface area contributed by atoms with Crippen LogP contribution in [0.25, 0.3) is 21.8 Å². The average Bonchev–Trinajstić information content (AvgIpc) is 3.45. The first kappa shape index (κ1) is 33.3. The smallest absolute Gasteiger partial charge is 0.241 e. The summed E-state index contributed by atoms with van der Waals surface area (Å²) in [6.07, 6.45) is 3.45. The van der Waals surface area contributed by atoms with Crippen LogP contribution in [0.4, 0.5) is 11.4 Å². The highest BCUT2D eigenvalue weighted by atomic mass is 35.5. The van der Waals surface area contributed by atoms with Crippen LogP contribution < -0.4 is 16.0 Å². The highest BCUT2D eigenvalue weighted by Gasteiger charge is 2.25. The number of amidine groups is 1. The Bertz CT molecular complexity index is 2150. The molecule has 1 aromatic heterocycles. The number of aryl methyl sites for hydroxylation is 3. The van der Waals surface area contributed by atoms with Crippen LogP contribution in [0.3, 0.4) is 0 Å². The number of hydrogen-bond donors (Lipinski definition) is 3. The number of fused-ring (bicyclic) bond motifs is 2. The molecule has 4 N–H and O–H groups in total. The molecule has 2 heterocycles. The molecule has 0 saturated carbocycles. The molecule has 50 heavy (non-hydrogen) atoms. The number of imidazole rings is 1. The highest BCUT2D eigenvalue weighted by Crippen LogP contribution is 2.28. The van der Waals surface area contributed by atoms with Crippen LogP contribution in [0.15, 0.2) is 109 Å². The summed E-state index contributed by atoms with van der Waals surface area (Å²) in [4.78, 5) is 23.5. The summed E-state index contributed by atoms with van der Waals surface area (Å²) in [5.74, 6) is 1.12. The lowest BCUT2D eigenvalue weighted by Crippen LogP contribution is -2.45. The van der Waals surface area contributed by atoms with E-state index in [1.54, 1.807) is 0 Å². The van der Waals surface area contributed by atoms with Crippen molar-refractivity contribution in [2.75, 3.05) is 29.9 Å². The molecule has 6 aromatic rings. The number of rotatable bonds is 11. The number of nitrogens with zero attached hydrogens (tertiary/aromatic N) is 4. The number of hydrogen-bond acceptors (Lipinski definition) is 5. The summed E-state index contributed by atoms with van der Waals surface area (Å²) in [6.45, 7) is 2.47. The number of halogens is 1. The van der Waals surface area contributed by atoms with E-state index in [1.165, 1.54) is 5.56 Å². The molecule has 1 aliphatic heterocycles. The second-order valence-electron chi connectivity index (χ2n) is 13.2. The maximum Gasteiger partial charge on any atom is 0.241 e. The van der Waals surface area contributed by atoms with Gasteiger partial charge in [-0.2, -0.15) is 0 Å². The van der Waals surface area contributed by atoms with Crippen LogP contribution in [0, 0.1) is 5.41 Å². The average molecular weight is 684 g/mol. The Balaban J connectivity index is 1.11.